The van der Waals surface area contributed by atoms with Crippen LogP contribution in [-0.2, 0) is 11.2 Å². The van der Waals surface area contributed by atoms with Crippen LogP contribution in [0.1, 0.15) is 102 Å². The molecule has 2 nitrogen and oxygen atoms in total. The normalized spacial score (nSPS) is 12.2. The van der Waals surface area contributed by atoms with Crippen LogP contribution < -0.4 is 0 Å². The Morgan fingerprint density at radius 2 is 1.38 bits per heavy atom. The number of hydrogen-bond acceptors (Lipinski definition) is 1. The van der Waals surface area contributed by atoms with Crippen LogP contribution in [-0.4, -0.2) is 11.1 Å². The van der Waals surface area contributed by atoms with Gasteiger partial charge in [0.15, 0.2) is 0 Å². The van der Waals surface area contributed by atoms with Gasteiger partial charge in [-0.2, -0.15) is 0 Å². The lowest BCUT2D eigenvalue weighted by molar-refractivity contribution is -0.137. The number of carbonyl (C=O) groups is 1. The molecule has 0 fully saturated rings. The lowest BCUT2D eigenvalue weighted by Gasteiger charge is -2.10. The number of hydrogen-bond donors (Lipinski definition) is 1. The van der Waals surface area contributed by atoms with Gasteiger partial charge in [-0.1, -0.05) is 95.9 Å². The molecular weight excluding hydrogens is 296 g/mol. The van der Waals surface area contributed by atoms with Crippen molar-refractivity contribution in [3.8, 4) is 0 Å². The Hall–Kier alpha value is -1.31. The zero-order valence-corrected chi connectivity index (χ0v) is 15.7. The fourth-order valence-electron chi connectivity index (χ4n) is 3.21. The molecule has 1 aromatic carbocycles. The molecule has 0 radical (unpaired) electrons. The van der Waals surface area contributed by atoms with E-state index in [1.54, 1.807) is 0 Å². The molecule has 24 heavy (non-hydrogen) atoms. The van der Waals surface area contributed by atoms with Gasteiger partial charge in [-0.15, -0.1) is 0 Å². The zero-order valence-electron chi connectivity index (χ0n) is 15.7. The number of rotatable bonds is 14. The molecule has 1 aromatic rings. The van der Waals surface area contributed by atoms with Crippen LogP contribution in [0.3, 0.4) is 0 Å². The van der Waals surface area contributed by atoms with Crippen LogP contribution >= 0.6 is 0 Å². The topological polar surface area (TPSA) is 37.3 Å². The molecule has 0 heterocycles. The van der Waals surface area contributed by atoms with E-state index in [4.69, 9.17) is 5.11 Å². The summed E-state index contributed by atoms with van der Waals surface area (Å²) in [6.07, 6.45) is 15.1. The van der Waals surface area contributed by atoms with Crippen molar-refractivity contribution in [2.75, 3.05) is 0 Å². The number of aryl methyl sites for hydroxylation is 1. The van der Waals surface area contributed by atoms with Crippen LogP contribution in [0.2, 0.25) is 0 Å². The predicted octanol–water partition coefficient (Wildman–Crippen LogP) is 6.73. The van der Waals surface area contributed by atoms with E-state index in [1.807, 2.05) is 6.92 Å². The van der Waals surface area contributed by atoms with Gasteiger partial charge in [-0.05, 0) is 29.9 Å². The molecule has 1 N–H and O–H groups in total. The first-order valence-corrected chi connectivity index (χ1v) is 9.94. The van der Waals surface area contributed by atoms with Gasteiger partial charge in [0, 0.05) is 0 Å². The van der Waals surface area contributed by atoms with Crippen LogP contribution in [0, 0.1) is 0 Å². The summed E-state index contributed by atoms with van der Waals surface area (Å²) >= 11 is 0. The molecule has 0 saturated heterocycles. The van der Waals surface area contributed by atoms with Gasteiger partial charge in [0.25, 0.3) is 0 Å². The highest BCUT2D eigenvalue weighted by Gasteiger charge is 2.09. The third kappa shape index (κ3) is 9.75. The highest BCUT2D eigenvalue weighted by Crippen LogP contribution is 2.20. The van der Waals surface area contributed by atoms with Gasteiger partial charge in [-0.3, -0.25) is 4.79 Å². The van der Waals surface area contributed by atoms with Gasteiger partial charge in [0.2, 0.25) is 0 Å². The highest BCUT2D eigenvalue weighted by molar-refractivity contribution is 5.67. The van der Waals surface area contributed by atoms with Crippen molar-refractivity contribution in [3.63, 3.8) is 0 Å². The minimum absolute atomic E-state index is 0.0916. The average molecular weight is 333 g/mol. The summed E-state index contributed by atoms with van der Waals surface area (Å²) in [7, 11) is 0. The van der Waals surface area contributed by atoms with E-state index in [1.165, 1.54) is 69.8 Å². The summed E-state index contributed by atoms with van der Waals surface area (Å²) in [5, 5.41) is 8.86. The van der Waals surface area contributed by atoms with E-state index in [2.05, 4.69) is 31.2 Å². The average Bonchev–Trinajstić information content (AvgIpc) is 2.56. The minimum atomic E-state index is -0.725. The molecule has 1 rings (SSSR count). The first-order valence-electron chi connectivity index (χ1n) is 9.94. The molecule has 0 aliphatic carbocycles. The summed E-state index contributed by atoms with van der Waals surface area (Å²) in [5.74, 6) is -0.634. The maximum Gasteiger partial charge on any atom is 0.303 e. The smallest absolute Gasteiger partial charge is 0.303 e. The first-order chi connectivity index (χ1) is 11.6. The van der Waals surface area contributed by atoms with Crippen LogP contribution in [0.25, 0.3) is 0 Å². The van der Waals surface area contributed by atoms with Crippen LogP contribution in [0.4, 0.5) is 0 Å². The second-order valence-corrected chi connectivity index (χ2v) is 7.17. The first kappa shape index (κ1) is 20.7. The maximum absolute atomic E-state index is 10.8. The van der Waals surface area contributed by atoms with E-state index in [9.17, 15) is 4.79 Å². The SMILES string of the molecule is CCCCCCCCCCCCc1ccc([C@@H](C)CC(=O)O)cc1. The van der Waals surface area contributed by atoms with Crippen molar-refractivity contribution in [2.24, 2.45) is 0 Å². The number of aliphatic carboxylic acids is 1. The molecule has 0 aromatic heterocycles. The maximum atomic E-state index is 10.8. The minimum Gasteiger partial charge on any atom is -0.481 e. The van der Waals surface area contributed by atoms with Crippen molar-refractivity contribution >= 4 is 5.97 Å². The molecule has 136 valence electrons. The van der Waals surface area contributed by atoms with Crippen molar-refractivity contribution in [1.29, 1.82) is 0 Å². The third-order valence-electron chi connectivity index (χ3n) is 4.85. The van der Waals surface area contributed by atoms with Crippen molar-refractivity contribution < 1.29 is 9.90 Å². The summed E-state index contributed by atoms with van der Waals surface area (Å²) in [6.45, 7) is 4.25. The van der Waals surface area contributed by atoms with Gasteiger partial charge >= 0.3 is 5.97 Å². The van der Waals surface area contributed by atoms with Gasteiger partial charge in [-0.25, -0.2) is 0 Å². The molecular formula is C22H36O2. The lowest BCUT2D eigenvalue weighted by atomic mass is 9.95. The Labute approximate surface area is 148 Å². The lowest BCUT2D eigenvalue weighted by Crippen LogP contribution is -2.02. The van der Waals surface area contributed by atoms with Crippen molar-refractivity contribution in [1.82, 2.24) is 0 Å². The largest absolute Gasteiger partial charge is 0.481 e. The number of benzene rings is 1. The van der Waals surface area contributed by atoms with Crippen molar-refractivity contribution in [3.05, 3.63) is 35.4 Å². The van der Waals surface area contributed by atoms with Gasteiger partial charge < -0.3 is 5.11 Å². The third-order valence-corrected chi connectivity index (χ3v) is 4.85. The van der Waals surface area contributed by atoms with Crippen LogP contribution in [0.5, 0.6) is 0 Å². The fraction of sp³-hybridized carbons (Fsp3) is 0.682. The molecule has 0 amide bonds. The zero-order chi connectivity index (χ0) is 17.6. The fourth-order valence-corrected chi connectivity index (χ4v) is 3.21. The van der Waals surface area contributed by atoms with E-state index < -0.39 is 5.97 Å². The Morgan fingerprint density at radius 3 is 1.88 bits per heavy atom. The molecule has 0 spiro atoms. The Kier molecular flexibility index (Phi) is 11.3. The van der Waals surface area contributed by atoms with Crippen LogP contribution in [0.15, 0.2) is 24.3 Å². The predicted molar refractivity (Wildman–Crippen MR) is 103 cm³/mol. The number of carboxylic acids is 1. The summed E-state index contributed by atoms with van der Waals surface area (Å²) in [6, 6.07) is 8.53. The number of carboxylic acid groups (broad SMARTS) is 1. The molecule has 0 saturated carbocycles. The second-order valence-electron chi connectivity index (χ2n) is 7.17. The Bertz CT molecular complexity index is 436. The summed E-state index contributed by atoms with van der Waals surface area (Å²) in [5.41, 5.74) is 2.50. The second kappa shape index (κ2) is 13.0. The molecule has 0 bridgehead atoms. The number of unbranched alkanes of at least 4 members (excludes halogenated alkanes) is 9. The molecule has 1 atom stereocenters. The van der Waals surface area contributed by atoms with E-state index in [0.29, 0.717) is 0 Å². The monoisotopic (exact) mass is 332 g/mol. The van der Waals surface area contributed by atoms with E-state index in [-0.39, 0.29) is 12.3 Å². The molecule has 2 heteroatoms. The van der Waals surface area contributed by atoms with E-state index in [0.717, 1.165) is 12.0 Å². The highest BCUT2D eigenvalue weighted by atomic mass is 16.4. The standard InChI is InChI=1S/C22H36O2/c1-3-4-5-6-7-8-9-10-11-12-13-20-14-16-21(17-15-20)19(2)18-22(23)24/h14-17,19H,3-13,18H2,1-2H3,(H,23,24)/t19-/m0/s1. The molecule has 0 unspecified atom stereocenters. The van der Waals surface area contributed by atoms with Gasteiger partial charge in [0.05, 0.1) is 6.42 Å². The van der Waals surface area contributed by atoms with E-state index >= 15 is 0 Å². The quantitative estimate of drug-likeness (QED) is 0.383. The summed E-state index contributed by atoms with van der Waals surface area (Å²) < 4.78 is 0. The van der Waals surface area contributed by atoms with Gasteiger partial charge in [0.1, 0.15) is 0 Å². The molecule has 0 aliphatic rings. The molecule has 0 aliphatic heterocycles. The Balaban J connectivity index is 2.08. The van der Waals surface area contributed by atoms with Crippen molar-refractivity contribution in [2.45, 2.75) is 96.8 Å². The summed E-state index contributed by atoms with van der Waals surface area (Å²) in [4.78, 5) is 10.8. The Morgan fingerprint density at radius 1 is 0.875 bits per heavy atom.